The van der Waals surface area contributed by atoms with Gasteiger partial charge in [0.05, 0.1) is 12.1 Å². The Morgan fingerprint density at radius 3 is 3.00 bits per heavy atom. The van der Waals surface area contributed by atoms with Crippen LogP contribution in [0.15, 0.2) is 4.52 Å². The first-order valence-electron chi connectivity index (χ1n) is 3.76. The predicted molar refractivity (Wildman–Crippen MR) is 40.1 cm³/mol. The van der Waals surface area contributed by atoms with Crippen LogP contribution in [0.3, 0.4) is 0 Å². The molecule has 1 fully saturated rings. The summed E-state index contributed by atoms with van der Waals surface area (Å²) in [7, 11) is 0. The number of nitrogens with zero attached hydrogens (tertiary/aromatic N) is 2. The standard InChI is InChI=1S/C6H10N4O2/c7-6-9-5(12-10-6)4-1-3(11)2-8-4/h3-4,8,11H,1-2H2,(H2,7,10). The van der Waals surface area contributed by atoms with Gasteiger partial charge in [-0.3, -0.25) is 0 Å². The molecule has 2 atom stereocenters. The van der Waals surface area contributed by atoms with Crippen molar-refractivity contribution in [1.82, 2.24) is 15.5 Å². The average Bonchev–Trinajstić information content (AvgIpc) is 2.58. The van der Waals surface area contributed by atoms with E-state index in [9.17, 15) is 5.11 Å². The number of aliphatic hydroxyl groups is 1. The fourth-order valence-electron chi connectivity index (χ4n) is 1.29. The van der Waals surface area contributed by atoms with Crippen molar-refractivity contribution in [2.45, 2.75) is 18.6 Å². The molecule has 0 aliphatic carbocycles. The highest BCUT2D eigenvalue weighted by Gasteiger charge is 2.27. The Labute approximate surface area is 68.8 Å². The SMILES string of the molecule is Nc1noc(C2CC(O)CN2)n1. The van der Waals surface area contributed by atoms with E-state index in [1.165, 1.54) is 0 Å². The number of anilines is 1. The molecule has 12 heavy (non-hydrogen) atoms. The minimum absolute atomic E-state index is 0.0511. The highest BCUT2D eigenvalue weighted by Crippen LogP contribution is 2.21. The molecule has 0 bridgehead atoms. The van der Waals surface area contributed by atoms with Crippen molar-refractivity contribution in [2.24, 2.45) is 0 Å². The van der Waals surface area contributed by atoms with Crippen LogP contribution in [-0.4, -0.2) is 27.9 Å². The first kappa shape index (κ1) is 7.51. The van der Waals surface area contributed by atoms with Gasteiger partial charge in [0.2, 0.25) is 5.89 Å². The van der Waals surface area contributed by atoms with E-state index >= 15 is 0 Å². The molecule has 1 aromatic rings. The van der Waals surface area contributed by atoms with Crippen LogP contribution >= 0.6 is 0 Å². The van der Waals surface area contributed by atoms with Crippen LogP contribution in [0.25, 0.3) is 0 Å². The summed E-state index contributed by atoms with van der Waals surface area (Å²) in [6, 6.07) is -0.0511. The van der Waals surface area contributed by atoms with Gasteiger partial charge in [-0.05, 0) is 11.6 Å². The van der Waals surface area contributed by atoms with Crippen molar-refractivity contribution in [3.63, 3.8) is 0 Å². The summed E-state index contributed by atoms with van der Waals surface area (Å²) >= 11 is 0. The van der Waals surface area contributed by atoms with Gasteiger partial charge < -0.3 is 20.7 Å². The summed E-state index contributed by atoms with van der Waals surface area (Å²) in [5.74, 6) is 0.581. The molecule has 0 aromatic carbocycles. The number of nitrogens with two attached hydrogens (primary N) is 1. The van der Waals surface area contributed by atoms with Crippen LogP contribution in [0.1, 0.15) is 18.4 Å². The molecule has 1 saturated heterocycles. The molecule has 2 unspecified atom stereocenters. The summed E-state index contributed by atoms with van der Waals surface area (Å²) in [6.07, 6.45) is 0.268. The Hall–Kier alpha value is -1.14. The van der Waals surface area contributed by atoms with Gasteiger partial charge in [-0.15, -0.1) is 0 Å². The summed E-state index contributed by atoms with van der Waals surface area (Å²) in [4.78, 5) is 3.85. The molecule has 4 N–H and O–H groups in total. The maximum atomic E-state index is 9.18. The van der Waals surface area contributed by atoms with Crippen LogP contribution in [0.4, 0.5) is 5.95 Å². The second kappa shape index (κ2) is 2.72. The third-order valence-corrected chi connectivity index (χ3v) is 1.86. The number of nitrogens with one attached hydrogen (secondary N) is 1. The summed E-state index contributed by atoms with van der Waals surface area (Å²) < 4.78 is 4.84. The lowest BCUT2D eigenvalue weighted by atomic mass is 10.2. The topological polar surface area (TPSA) is 97.2 Å². The zero-order valence-electron chi connectivity index (χ0n) is 6.40. The van der Waals surface area contributed by atoms with Crippen LogP contribution < -0.4 is 11.1 Å². The van der Waals surface area contributed by atoms with Crippen molar-refractivity contribution in [2.75, 3.05) is 12.3 Å². The first-order chi connectivity index (χ1) is 5.75. The fourth-order valence-corrected chi connectivity index (χ4v) is 1.29. The Morgan fingerprint density at radius 2 is 2.50 bits per heavy atom. The van der Waals surface area contributed by atoms with Crippen LogP contribution in [0.5, 0.6) is 0 Å². The molecule has 2 heterocycles. The van der Waals surface area contributed by atoms with E-state index in [-0.39, 0.29) is 18.1 Å². The van der Waals surface area contributed by atoms with Gasteiger partial charge in [0, 0.05) is 6.54 Å². The third kappa shape index (κ3) is 1.26. The Morgan fingerprint density at radius 1 is 1.67 bits per heavy atom. The molecule has 0 radical (unpaired) electrons. The number of hydrogen-bond acceptors (Lipinski definition) is 6. The lowest BCUT2D eigenvalue weighted by Gasteiger charge is -2.00. The lowest BCUT2D eigenvalue weighted by Crippen LogP contribution is -2.15. The number of rotatable bonds is 1. The van der Waals surface area contributed by atoms with Crippen LogP contribution in [0, 0.1) is 0 Å². The lowest BCUT2D eigenvalue weighted by molar-refractivity contribution is 0.191. The molecule has 66 valence electrons. The number of nitrogen functional groups attached to an aromatic ring is 1. The zero-order chi connectivity index (χ0) is 8.55. The molecule has 1 aliphatic heterocycles. The maximum Gasteiger partial charge on any atom is 0.260 e. The average molecular weight is 170 g/mol. The predicted octanol–water partition coefficient (Wildman–Crippen LogP) is -0.953. The second-order valence-corrected chi connectivity index (χ2v) is 2.84. The van der Waals surface area contributed by atoms with E-state index in [1.54, 1.807) is 0 Å². The summed E-state index contributed by atoms with van der Waals surface area (Å²) in [5.41, 5.74) is 5.27. The fraction of sp³-hybridized carbons (Fsp3) is 0.667. The molecular weight excluding hydrogens is 160 g/mol. The zero-order valence-corrected chi connectivity index (χ0v) is 6.40. The van der Waals surface area contributed by atoms with Gasteiger partial charge in [-0.2, -0.15) is 4.98 Å². The molecule has 0 spiro atoms. The molecule has 6 heteroatoms. The minimum atomic E-state index is -0.330. The Kier molecular flexibility index (Phi) is 1.70. The molecular formula is C6H10N4O2. The van der Waals surface area contributed by atoms with Crippen LogP contribution in [0.2, 0.25) is 0 Å². The number of hydrogen-bond donors (Lipinski definition) is 3. The molecule has 1 aliphatic rings. The van der Waals surface area contributed by atoms with Crippen molar-refractivity contribution in [3.8, 4) is 0 Å². The van der Waals surface area contributed by atoms with Gasteiger partial charge >= 0.3 is 0 Å². The number of aromatic nitrogens is 2. The smallest absolute Gasteiger partial charge is 0.260 e. The maximum absolute atomic E-state index is 9.18. The van der Waals surface area contributed by atoms with E-state index in [2.05, 4.69) is 15.5 Å². The van der Waals surface area contributed by atoms with Gasteiger partial charge in [0.1, 0.15) is 0 Å². The second-order valence-electron chi connectivity index (χ2n) is 2.84. The quantitative estimate of drug-likeness (QED) is 0.502. The van der Waals surface area contributed by atoms with Crippen molar-refractivity contribution in [1.29, 1.82) is 0 Å². The summed E-state index contributed by atoms with van der Waals surface area (Å²) in [5, 5.41) is 15.7. The molecule has 1 aromatic heterocycles. The van der Waals surface area contributed by atoms with E-state index in [1.807, 2.05) is 0 Å². The summed E-state index contributed by atoms with van der Waals surface area (Å²) in [6.45, 7) is 0.562. The van der Waals surface area contributed by atoms with Gasteiger partial charge in [0.15, 0.2) is 0 Å². The Balaban J connectivity index is 2.11. The monoisotopic (exact) mass is 170 g/mol. The van der Waals surface area contributed by atoms with Crippen LogP contribution in [-0.2, 0) is 0 Å². The first-order valence-corrected chi connectivity index (χ1v) is 3.76. The molecule has 2 rings (SSSR count). The molecule has 6 nitrogen and oxygen atoms in total. The normalized spacial score (nSPS) is 29.4. The highest BCUT2D eigenvalue weighted by atomic mass is 16.5. The van der Waals surface area contributed by atoms with E-state index < -0.39 is 0 Å². The third-order valence-electron chi connectivity index (χ3n) is 1.86. The van der Waals surface area contributed by atoms with Gasteiger partial charge in [-0.1, -0.05) is 0 Å². The number of β-amino-alcohol motifs (C(OH)–C–C–N with tert-alkyl or cyclic N) is 1. The van der Waals surface area contributed by atoms with E-state index in [4.69, 9.17) is 10.3 Å². The van der Waals surface area contributed by atoms with Crippen molar-refractivity contribution < 1.29 is 9.63 Å². The Bertz CT molecular complexity index is 274. The van der Waals surface area contributed by atoms with E-state index in [0.717, 1.165) is 0 Å². The molecule has 0 amide bonds. The van der Waals surface area contributed by atoms with Crippen molar-refractivity contribution in [3.05, 3.63) is 5.89 Å². The number of aliphatic hydroxyl groups excluding tert-OH is 1. The largest absolute Gasteiger partial charge is 0.392 e. The van der Waals surface area contributed by atoms with Crippen molar-refractivity contribution >= 4 is 5.95 Å². The van der Waals surface area contributed by atoms with Gasteiger partial charge in [-0.25, -0.2) is 0 Å². The highest BCUT2D eigenvalue weighted by molar-refractivity contribution is 5.12. The minimum Gasteiger partial charge on any atom is -0.392 e. The molecule has 0 saturated carbocycles. The van der Waals surface area contributed by atoms with E-state index in [0.29, 0.717) is 18.9 Å². The van der Waals surface area contributed by atoms with Gasteiger partial charge in [0.25, 0.3) is 5.95 Å².